The molecular formula is C17H22ClNO3. The second-order valence-electron chi connectivity index (χ2n) is 6.53. The van der Waals surface area contributed by atoms with E-state index in [1.807, 2.05) is 11.9 Å². The molecule has 22 heavy (non-hydrogen) atoms. The molecule has 2 aliphatic carbocycles. The fourth-order valence-electron chi connectivity index (χ4n) is 4.07. The molecular weight excluding hydrogens is 302 g/mol. The summed E-state index contributed by atoms with van der Waals surface area (Å²) in [5, 5.41) is 10.3. The van der Waals surface area contributed by atoms with Gasteiger partial charge in [0.05, 0.1) is 18.8 Å². The Balaban J connectivity index is 1.74. The second-order valence-corrected chi connectivity index (χ2v) is 6.97. The van der Waals surface area contributed by atoms with Crippen LogP contribution in [0.25, 0.3) is 0 Å². The average molecular weight is 324 g/mol. The van der Waals surface area contributed by atoms with Crippen molar-refractivity contribution >= 4 is 17.5 Å². The van der Waals surface area contributed by atoms with Crippen LogP contribution < -0.4 is 4.74 Å². The lowest BCUT2D eigenvalue weighted by atomic mass is 10.0. The zero-order valence-corrected chi connectivity index (χ0v) is 13.7. The summed E-state index contributed by atoms with van der Waals surface area (Å²) >= 11 is 6.02. The monoisotopic (exact) mass is 323 g/mol. The normalized spacial score (nSPS) is 30.2. The molecule has 3 rings (SSSR count). The largest absolute Gasteiger partial charge is 0.496 e. The van der Waals surface area contributed by atoms with Crippen LogP contribution in [-0.2, 0) is 0 Å². The predicted octanol–water partition coefficient (Wildman–Crippen LogP) is 2.97. The highest BCUT2D eigenvalue weighted by molar-refractivity contribution is 6.31. The Kier molecular flexibility index (Phi) is 4.33. The van der Waals surface area contributed by atoms with Crippen molar-refractivity contribution in [3.05, 3.63) is 28.8 Å². The smallest absolute Gasteiger partial charge is 0.257 e. The summed E-state index contributed by atoms with van der Waals surface area (Å²) in [6.45, 7) is 0. The first-order chi connectivity index (χ1) is 10.5. The van der Waals surface area contributed by atoms with E-state index in [2.05, 4.69) is 0 Å². The molecule has 4 atom stereocenters. The van der Waals surface area contributed by atoms with Crippen LogP contribution in [0, 0.1) is 11.8 Å². The minimum absolute atomic E-state index is 0.0510. The van der Waals surface area contributed by atoms with Crippen molar-refractivity contribution in [2.45, 2.75) is 37.8 Å². The van der Waals surface area contributed by atoms with E-state index in [1.165, 1.54) is 0 Å². The first kappa shape index (κ1) is 15.6. The molecule has 5 heteroatoms. The second kappa shape index (κ2) is 6.09. The van der Waals surface area contributed by atoms with E-state index in [0.29, 0.717) is 28.2 Å². The third kappa shape index (κ3) is 2.82. The Labute approximate surface area is 136 Å². The molecule has 1 aromatic rings. The maximum absolute atomic E-state index is 12.8. The number of aliphatic hydroxyl groups is 1. The Morgan fingerprint density at radius 3 is 2.50 bits per heavy atom. The minimum Gasteiger partial charge on any atom is -0.496 e. The molecule has 1 amide bonds. The molecule has 0 aromatic heterocycles. The molecule has 0 bridgehead atoms. The third-order valence-corrected chi connectivity index (χ3v) is 5.46. The highest BCUT2D eigenvalue weighted by Gasteiger charge is 2.43. The van der Waals surface area contributed by atoms with Gasteiger partial charge in [-0.2, -0.15) is 0 Å². The molecule has 0 saturated heterocycles. The number of carbonyl (C=O) groups is 1. The number of hydrogen-bond donors (Lipinski definition) is 1. The minimum atomic E-state index is -0.148. The Bertz CT molecular complexity index is 563. The predicted molar refractivity (Wildman–Crippen MR) is 85.3 cm³/mol. The maximum atomic E-state index is 12.8. The summed E-state index contributed by atoms with van der Waals surface area (Å²) in [5.74, 6) is 1.60. The van der Waals surface area contributed by atoms with E-state index in [1.54, 1.807) is 25.3 Å². The topological polar surface area (TPSA) is 49.8 Å². The number of methoxy groups -OCH3 is 1. The number of halogens is 1. The summed E-state index contributed by atoms with van der Waals surface area (Å²) in [6.07, 6.45) is 3.57. The third-order valence-electron chi connectivity index (χ3n) is 5.23. The van der Waals surface area contributed by atoms with Crippen molar-refractivity contribution in [1.82, 2.24) is 4.90 Å². The zero-order valence-electron chi connectivity index (χ0n) is 13.0. The van der Waals surface area contributed by atoms with Crippen molar-refractivity contribution in [3.8, 4) is 5.75 Å². The number of rotatable bonds is 3. The lowest BCUT2D eigenvalue weighted by Crippen LogP contribution is -2.36. The summed E-state index contributed by atoms with van der Waals surface area (Å²) in [7, 11) is 3.41. The number of carbonyl (C=O) groups excluding carboxylic acids is 1. The van der Waals surface area contributed by atoms with Gasteiger partial charge in [0.25, 0.3) is 5.91 Å². The maximum Gasteiger partial charge on any atom is 0.257 e. The first-order valence-electron chi connectivity index (χ1n) is 7.78. The molecule has 2 fully saturated rings. The van der Waals surface area contributed by atoms with E-state index < -0.39 is 0 Å². The van der Waals surface area contributed by atoms with Crippen LogP contribution >= 0.6 is 11.6 Å². The van der Waals surface area contributed by atoms with Gasteiger partial charge in [0.1, 0.15) is 5.75 Å². The standard InChI is InChI=1S/C17H22ClNO3/c1-19(13-5-10-7-14(20)8-11(10)6-13)17(21)15-9-12(18)3-4-16(15)22-2/h3-4,9-11,13-14,20H,5-8H2,1-2H3/t10-,11+,13?,14?. The number of benzene rings is 1. The fraction of sp³-hybridized carbons (Fsp3) is 0.588. The van der Waals surface area contributed by atoms with Crippen LogP contribution in [0.2, 0.25) is 5.02 Å². The average Bonchev–Trinajstić information content (AvgIpc) is 3.02. The summed E-state index contributed by atoms with van der Waals surface area (Å²) < 4.78 is 5.28. The molecule has 0 aliphatic heterocycles. The number of nitrogens with zero attached hydrogens (tertiary/aromatic N) is 1. The zero-order chi connectivity index (χ0) is 15.9. The van der Waals surface area contributed by atoms with Crippen molar-refractivity contribution in [3.63, 3.8) is 0 Å². The van der Waals surface area contributed by atoms with Crippen LogP contribution in [0.4, 0.5) is 0 Å². The van der Waals surface area contributed by atoms with E-state index in [9.17, 15) is 9.90 Å². The Morgan fingerprint density at radius 1 is 1.27 bits per heavy atom. The van der Waals surface area contributed by atoms with Crippen LogP contribution in [0.15, 0.2) is 18.2 Å². The fourth-order valence-corrected chi connectivity index (χ4v) is 4.24. The van der Waals surface area contributed by atoms with Crippen LogP contribution in [0.5, 0.6) is 5.75 Å². The molecule has 1 aromatic carbocycles. The van der Waals surface area contributed by atoms with Gasteiger partial charge in [-0.3, -0.25) is 4.79 Å². The van der Waals surface area contributed by atoms with Crippen LogP contribution in [-0.4, -0.2) is 42.2 Å². The van der Waals surface area contributed by atoms with E-state index in [0.717, 1.165) is 25.7 Å². The lowest BCUT2D eigenvalue weighted by molar-refractivity contribution is 0.0719. The van der Waals surface area contributed by atoms with Gasteiger partial charge in [0.2, 0.25) is 0 Å². The van der Waals surface area contributed by atoms with Gasteiger partial charge in [0.15, 0.2) is 0 Å². The van der Waals surface area contributed by atoms with E-state index in [4.69, 9.17) is 16.3 Å². The van der Waals surface area contributed by atoms with Crippen LogP contribution in [0.1, 0.15) is 36.0 Å². The molecule has 1 N–H and O–H groups in total. The molecule has 0 spiro atoms. The molecule has 120 valence electrons. The first-order valence-corrected chi connectivity index (χ1v) is 8.16. The number of hydrogen-bond acceptors (Lipinski definition) is 3. The molecule has 2 saturated carbocycles. The summed E-state index contributed by atoms with van der Waals surface area (Å²) in [4.78, 5) is 14.6. The molecule has 0 radical (unpaired) electrons. The van der Waals surface area contributed by atoms with E-state index >= 15 is 0 Å². The molecule has 0 heterocycles. The van der Waals surface area contributed by atoms with Gasteiger partial charge in [-0.15, -0.1) is 0 Å². The molecule has 4 nitrogen and oxygen atoms in total. The van der Waals surface area contributed by atoms with Crippen molar-refractivity contribution in [1.29, 1.82) is 0 Å². The highest BCUT2D eigenvalue weighted by Crippen LogP contribution is 2.45. The van der Waals surface area contributed by atoms with Crippen molar-refractivity contribution in [2.75, 3.05) is 14.2 Å². The van der Waals surface area contributed by atoms with Gasteiger partial charge in [-0.25, -0.2) is 0 Å². The SMILES string of the molecule is COc1ccc(Cl)cc1C(=O)N(C)C1C[C@H]2CC(O)C[C@H]2C1. The van der Waals surface area contributed by atoms with E-state index in [-0.39, 0.29) is 18.1 Å². The number of fused-ring (bicyclic) bond motifs is 1. The number of ether oxygens (including phenoxy) is 1. The Hall–Kier alpha value is -1.26. The Morgan fingerprint density at radius 2 is 1.91 bits per heavy atom. The van der Waals surface area contributed by atoms with Crippen molar-refractivity contribution < 1.29 is 14.6 Å². The van der Waals surface area contributed by atoms with Gasteiger partial charge in [-0.05, 0) is 55.7 Å². The number of amides is 1. The van der Waals surface area contributed by atoms with Crippen molar-refractivity contribution in [2.24, 2.45) is 11.8 Å². The summed E-state index contributed by atoms with van der Waals surface area (Å²) in [5.41, 5.74) is 0.509. The van der Waals surface area contributed by atoms with Gasteiger partial charge < -0.3 is 14.7 Å². The number of aliphatic hydroxyl groups excluding tert-OH is 1. The molecule has 2 aliphatic rings. The van der Waals surface area contributed by atoms with Gasteiger partial charge in [0, 0.05) is 18.1 Å². The summed E-state index contributed by atoms with van der Waals surface area (Å²) in [6, 6.07) is 5.35. The van der Waals surface area contributed by atoms with Gasteiger partial charge in [-0.1, -0.05) is 11.6 Å². The van der Waals surface area contributed by atoms with Crippen LogP contribution in [0.3, 0.4) is 0 Å². The highest BCUT2D eigenvalue weighted by atomic mass is 35.5. The van der Waals surface area contributed by atoms with Gasteiger partial charge >= 0.3 is 0 Å². The molecule has 2 unspecified atom stereocenters. The lowest BCUT2D eigenvalue weighted by Gasteiger charge is -2.26. The quantitative estimate of drug-likeness (QED) is 0.930.